The number of anilines is 2. The van der Waals surface area contributed by atoms with Crippen molar-refractivity contribution in [2.24, 2.45) is 0 Å². The molecule has 1 aromatic heterocycles. The van der Waals surface area contributed by atoms with Gasteiger partial charge in [0.25, 0.3) is 0 Å². The monoisotopic (exact) mass is 301 g/mol. The van der Waals surface area contributed by atoms with Crippen molar-refractivity contribution < 1.29 is 4.74 Å². The third kappa shape index (κ3) is 3.43. The van der Waals surface area contributed by atoms with E-state index in [9.17, 15) is 4.79 Å². The molecule has 0 bridgehead atoms. The summed E-state index contributed by atoms with van der Waals surface area (Å²) < 4.78 is 5.31. The van der Waals surface area contributed by atoms with Crippen LogP contribution in [0.25, 0.3) is 0 Å². The molecule has 116 valence electrons. The number of nitrogens with one attached hydrogen (secondary N) is 2. The van der Waals surface area contributed by atoms with E-state index >= 15 is 0 Å². The predicted molar refractivity (Wildman–Crippen MR) is 84.2 cm³/mol. The van der Waals surface area contributed by atoms with Gasteiger partial charge in [0.05, 0.1) is 19.3 Å². The topological polar surface area (TPSA) is 83.1 Å². The lowest BCUT2D eigenvalue weighted by atomic mass is 10.1. The molecule has 22 heavy (non-hydrogen) atoms. The van der Waals surface area contributed by atoms with Crippen LogP contribution in [-0.2, 0) is 4.74 Å². The molecular formula is C15H19N5O2. The molecule has 0 unspecified atom stereocenters. The second kappa shape index (κ2) is 6.57. The molecule has 0 spiro atoms. The van der Waals surface area contributed by atoms with Gasteiger partial charge in [0.15, 0.2) is 0 Å². The van der Waals surface area contributed by atoms with E-state index in [0.717, 1.165) is 5.56 Å². The number of rotatable bonds is 4. The fourth-order valence-electron chi connectivity index (χ4n) is 2.38. The molecule has 0 amide bonds. The molecule has 1 aliphatic heterocycles. The Hall–Kier alpha value is -2.41. The van der Waals surface area contributed by atoms with Crippen LogP contribution in [-0.4, -0.2) is 41.3 Å². The molecule has 7 nitrogen and oxygen atoms in total. The smallest absolute Gasteiger partial charge is 0.350 e. The van der Waals surface area contributed by atoms with Crippen LogP contribution in [0.15, 0.2) is 35.1 Å². The van der Waals surface area contributed by atoms with Crippen LogP contribution in [0.2, 0.25) is 0 Å². The fraction of sp³-hybridized carbons (Fsp3) is 0.400. The van der Waals surface area contributed by atoms with E-state index in [1.807, 2.05) is 42.2 Å². The van der Waals surface area contributed by atoms with Gasteiger partial charge in [0.1, 0.15) is 0 Å². The summed E-state index contributed by atoms with van der Waals surface area (Å²) in [6.07, 6.45) is 0. The first-order chi connectivity index (χ1) is 10.7. The lowest BCUT2D eigenvalue weighted by molar-refractivity contribution is 0.122. The summed E-state index contributed by atoms with van der Waals surface area (Å²) in [7, 11) is 0. The Morgan fingerprint density at radius 3 is 2.68 bits per heavy atom. The van der Waals surface area contributed by atoms with Gasteiger partial charge in [0, 0.05) is 13.1 Å². The number of hydrogen-bond donors (Lipinski definition) is 2. The lowest BCUT2D eigenvalue weighted by Gasteiger charge is -2.26. The van der Waals surface area contributed by atoms with E-state index in [-0.39, 0.29) is 6.04 Å². The predicted octanol–water partition coefficient (Wildman–Crippen LogP) is 1.17. The van der Waals surface area contributed by atoms with Crippen LogP contribution >= 0.6 is 0 Å². The van der Waals surface area contributed by atoms with Crippen LogP contribution < -0.4 is 15.9 Å². The molecule has 1 saturated heterocycles. The molecule has 0 saturated carbocycles. The molecule has 2 N–H and O–H groups in total. The Morgan fingerprint density at radius 2 is 1.95 bits per heavy atom. The van der Waals surface area contributed by atoms with Crippen molar-refractivity contribution >= 4 is 11.9 Å². The van der Waals surface area contributed by atoms with Crippen LogP contribution in [0.4, 0.5) is 11.9 Å². The van der Waals surface area contributed by atoms with Gasteiger partial charge in [-0.25, -0.2) is 4.79 Å². The SMILES string of the molecule is C[C@H](Nc1nc(N2CCOCC2)nc(=O)[nH]1)c1ccccc1. The molecule has 0 radical (unpaired) electrons. The Balaban J connectivity index is 1.79. The van der Waals surface area contributed by atoms with E-state index < -0.39 is 5.69 Å². The molecule has 1 aromatic carbocycles. The summed E-state index contributed by atoms with van der Waals surface area (Å²) in [6.45, 7) is 4.65. The van der Waals surface area contributed by atoms with E-state index in [1.165, 1.54) is 0 Å². The largest absolute Gasteiger partial charge is 0.378 e. The number of nitrogens with zero attached hydrogens (tertiary/aromatic N) is 3. The van der Waals surface area contributed by atoms with Gasteiger partial charge in [0.2, 0.25) is 11.9 Å². The molecule has 7 heteroatoms. The maximum Gasteiger partial charge on any atom is 0.350 e. The molecule has 1 fully saturated rings. The van der Waals surface area contributed by atoms with Crippen LogP contribution in [0, 0.1) is 0 Å². The van der Waals surface area contributed by atoms with Crippen molar-refractivity contribution in [3.63, 3.8) is 0 Å². The van der Waals surface area contributed by atoms with Crippen LogP contribution in [0.1, 0.15) is 18.5 Å². The number of hydrogen-bond acceptors (Lipinski definition) is 6. The van der Waals surface area contributed by atoms with Crippen molar-refractivity contribution in [1.29, 1.82) is 0 Å². The Morgan fingerprint density at radius 1 is 1.23 bits per heavy atom. The van der Waals surface area contributed by atoms with Gasteiger partial charge >= 0.3 is 5.69 Å². The van der Waals surface area contributed by atoms with Gasteiger partial charge in [-0.2, -0.15) is 9.97 Å². The third-order valence-electron chi connectivity index (χ3n) is 3.59. The molecule has 2 heterocycles. The summed E-state index contributed by atoms with van der Waals surface area (Å²) in [5, 5.41) is 3.21. The zero-order valence-corrected chi connectivity index (χ0v) is 12.5. The average Bonchev–Trinajstić information content (AvgIpc) is 2.56. The van der Waals surface area contributed by atoms with Crippen molar-refractivity contribution in [3.8, 4) is 0 Å². The van der Waals surface area contributed by atoms with E-state index in [2.05, 4.69) is 20.3 Å². The number of benzene rings is 1. The van der Waals surface area contributed by atoms with Gasteiger partial charge in [-0.3, -0.25) is 4.98 Å². The zero-order chi connectivity index (χ0) is 15.4. The highest BCUT2D eigenvalue weighted by Crippen LogP contribution is 2.17. The minimum atomic E-state index is -0.403. The summed E-state index contributed by atoms with van der Waals surface area (Å²) >= 11 is 0. The molecule has 1 aliphatic rings. The molecular weight excluding hydrogens is 282 g/mol. The first kappa shape index (κ1) is 14.5. The summed E-state index contributed by atoms with van der Waals surface area (Å²) in [5.41, 5.74) is 0.717. The summed E-state index contributed by atoms with van der Waals surface area (Å²) in [6, 6.07) is 10.0. The first-order valence-electron chi connectivity index (χ1n) is 7.35. The summed E-state index contributed by atoms with van der Waals surface area (Å²) in [5.74, 6) is 0.868. The van der Waals surface area contributed by atoms with Gasteiger partial charge < -0.3 is 15.0 Å². The van der Waals surface area contributed by atoms with Gasteiger partial charge in [-0.05, 0) is 12.5 Å². The average molecular weight is 301 g/mol. The van der Waals surface area contributed by atoms with Gasteiger partial charge in [-0.1, -0.05) is 30.3 Å². The highest BCUT2D eigenvalue weighted by Gasteiger charge is 2.16. The maximum absolute atomic E-state index is 11.8. The number of morpholine rings is 1. The number of aromatic amines is 1. The molecule has 1 atom stereocenters. The summed E-state index contributed by atoms with van der Waals surface area (Å²) in [4.78, 5) is 24.7. The highest BCUT2D eigenvalue weighted by atomic mass is 16.5. The maximum atomic E-state index is 11.8. The zero-order valence-electron chi connectivity index (χ0n) is 12.5. The second-order valence-corrected chi connectivity index (χ2v) is 5.18. The lowest BCUT2D eigenvalue weighted by Crippen LogP contribution is -2.38. The molecule has 3 rings (SSSR count). The highest BCUT2D eigenvalue weighted by molar-refractivity contribution is 5.38. The normalized spacial score (nSPS) is 16.3. The molecule has 0 aliphatic carbocycles. The Bertz CT molecular complexity index is 667. The number of H-pyrrole nitrogens is 1. The van der Waals surface area contributed by atoms with Crippen molar-refractivity contribution in [2.45, 2.75) is 13.0 Å². The van der Waals surface area contributed by atoms with Crippen molar-refractivity contribution in [3.05, 3.63) is 46.4 Å². The molecule has 2 aromatic rings. The van der Waals surface area contributed by atoms with E-state index in [0.29, 0.717) is 38.2 Å². The Labute approximate surface area is 128 Å². The van der Waals surface area contributed by atoms with Crippen molar-refractivity contribution in [1.82, 2.24) is 15.0 Å². The fourth-order valence-corrected chi connectivity index (χ4v) is 2.38. The number of ether oxygens (including phenoxy) is 1. The Kier molecular flexibility index (Phi) is 4.34. The number of aromatic nitrogens is 3. The first-order valence-corrected chi connectivity index (χ1v) is 7.35. The van der Waals surface area contributed by atoms with E-state index in [4.69, 9.17) is 4.74 Å². The van der Waals surface area contributed by atoms with Crippen LogP contribution in [0.5, 0.6) is 0 Å². The second-order valence-electron chi connectivity index (χ2n) is 5.18. The van der Waals surface area contributed by atoms with E-state index in [1.54, 1.807) is 0 Å². The van der Waals surface area contributed by atoms with Crippen LogP contribution in [0.3, 0.4) is 0 Å². The minimum Gasteiger partial charge on any atom is -0.378 e. The minimum absolute atomic E-state index is 0.0317. The van der Waals surface area contributed by atoms with Crippen molar-refractivity contribution in [2.75, 3.05) is 36.5 Å². The standard InChI is InChI=1S/C15H19N5O2/c1-11(12-5-3-2-4-6-12)16-13-17-14(19-15(21)18-13)20-7-9-22-10-8-20/h2-6,11H,7-10H2,1H3,(H2,16,17,18,19,21)/t11-/m0/s1. The third-order valence-corrected chi connectivity index (χ3v) is 3.59. The quantitative estimate of drug-likeness (QED) is 0.882. The van der Waals surface area contributed by atoms with Gasteiger partial charge in [-0.15, -0.1) is 0 Å².